The number of nitrogens with zero attached hydrogens (tertiary/aromatic N) is 3. The van der Waals surface area contributed by atoms with E-state index in [4.69, 9.17) is 12.2 Å². The van der Waals surface area contributed by atoms with Crippen LogP contribution in [0.3, 0.4) is 0 Å². The van der Waals surface area contributed by atoms with Crippen LogP contribution in [-0.4, -0.2) is 14.7 Å². The third kappa shape index (κ3) is 2.90. The zero-order valence-electron chi connectivity index (χ0n) is 15.5. The highest BCUT2D eigenvalue weighted by molar-refractivity contribution is 7.80. The first-order chi connectivity index (χ1) is 13.0. The molecule has 1 N–H and O–H groups in total. The lowest BCUT2D eigenvalue weighted by Crippen LogP contribution is -2.30. The highest BCUT2D eigenvalue weighted by atomic mass is 32.1. The summed E-state index contributed by atoms with van der Waals surface area (Å²) in [6.45, 7) is 4.15. The standard InChI is InChI=1S/C21H21FN4S/c1-13-12-15(14(2)25(13)3)20-19(17-9-6-7-11-23-17)24-21(27)26(20)18-10-5-4-8-16(18)22/h4-12,19-20H,1-3H3,(H,24,27)/t19-,20+/m0/s1. The first kappa shape index (κ1) is 17.7. The number of benzene rings is 1. The van der Waals surface area contributed by atoms with Gasteiger partial charge in [-0.1, -0.05) is 18.2 Å². The molecular weight excluding hydrogens is 359 g/mol. The van der Waals surface area contributed by atoms with Gasteiger partial charge >= 0.3 is 0 Å². The van der Waals surface area contributed by atoms with Crippen LogP contribution in [0.2, 0.25) is 0 Å². The van der Waals surface area contributed by atoms with Gasteiger partial charge in [0.05, 0.1) is 23.5 Å². The number of anilines is 1. The molecule has 1 fully saturated rings. The molecule has 1 aliphatic heterocycles. The molecule has 2 atom stereocenters. The van der Waals surface area contributed by atoms with E-state index < -0.39 is 0 Å². The van der Waals surface area contributed by atoms with Gasteiger partial charge in [0.25, 0.3) is 0 Å². The van der Waals surface area contributed by atoms with Gasteiger partial charge in [0.2, 0.25) is 0 Å². The summed E-state index contributed by atoms with van der Waals surface area (Å²) >= 11 is 5.63. The first-order valence-corrected chi connectivity index (χ1v) is 9.28. The van der Waals surface area contributed by atoms with Crippen LogP contribution in [0.1, 0.15) is 34.7 Å². The molecule has 0 saturated carbocycles. The minimum atomic E-state index is -0.293. The van der Waals surface area contributed by atoms with E-state index in [1.165, 1.54) is 6.07 Å². The van der Waals surface area contributed by atoms with Gasteiger partial charge in [0, 0.05) is 24.6 Å². The molecule has 3 heterocycles. The molecule has 1 aliphatic rings. The summed E-state index contributed by atoms with van der Waals surface area (Å²) in [5.41, 5.74) is 4.74. The monoisotopic (exact) mass is 380 g/mol. The minimum absolute atomic E-state index is 0.168. The average Bonchev–Trinajstić information content (AvgIpc) is 3.14. The molecular formula is C21H21FN4S. The second kappa shape index (κ2) is 6.78. The summed E-state index contributed by atoms with van der Waals surface area (Å²) in [5.74, 6) is -0.293. The van der Waals surface area contributed by atoms with Crippen molar-refractivity contribution < 1.29 is 4.39 Å². The Labute approximate surface area is 163 Å². The quantitative estimate of drug-likeness (QED) is 0.685. The number of rotatable bonds is 3. The van der Waals surface area contributed by atoms with Crippen molar-refractivity contribution in [2.45, 2.75) is 25.9 Å². The van der Waals surface area contributed by atoms with Crippen molar-refractivity contribution in [3.05, 3.63) is 83.2 Å². The second-order valence-corrected chi connectivity index (χ2v) is 7.22. The predicted molar refractivity (Wildman–Crippen MR) is 109 cm³/mol. The van der Waals surface area contributed by atoms with E-state index in [0.717, 1.165) is 22.6 Å². The number of aromatic nitrogens is 2. The molecule has 0 amide bonds. The van der Waals surface area contributed by atoms with Crippen molar-refractivity contribution in [2.24, 2.45) is 7.05 Å². The van der Waals surface area contributed by atoms with E-state index in [1.807, 2.05) is 36.2 Å². The summed E-state index contributed by atoms with van der Waals surface area (Å²) in [6, 6.07) is 14.4. The first-order valence-electron chi connectivity index (χ1n) is 8.87. The molecule has 0 unspecified atom stereocenters. The molecule has 0 radical (unpaired) electrons. The fraction of sp³-hybridized carbons (Fsp3) is 0.238. The van der Waals surface area contributed by atoms with Crippen LogP contribution in [0.15, 0.2) is 54.7 Å². The van der Waals surface area contributed by atoms with Crippen molar-refractivity contribution in [3.8, 4) is 0 Å². The number of para-hydroxylation sites is 1. The smallest absolute Gasteiger partial charge is 0.174 e. The topological polar surface area (TPSA) is 33.1 Å². The van der Waals surface area contributed by atoms with Crippen molar-refractivity contribution in [2.75, 3.05) is 4.90 Å². The Hall–Kier alpha value is -2.73. The van der Waals surface area contributed by atoms with Gasteiger partial charge in [-0.15, -0.1) is 0 Å². The molecule has 6 heteroatoms. The molecule has 27 heavy (non-hydrogen) atoms. The van der Waals surface area contributed by atoms with Gasteiger partial charge in [0.15, 0.2) is 5.11 Å². The molecule has 138 valence electrons. The van der Waals surface area contributed by atoms with E-state index in [-0.39, 0.29) is 17.9 Å². The fourth-order valence-corrected chi connectivity index (χ4v) is 4.10. The largest absolute Gasteiger partial charge is 0.352 e. The Kier molecular flexibility index (Phi) is 4.44. The van der Waals surface area contributed by atoms with Gasteiger partial charge in [-0.25, -0.2) is 4.39 Å². The number of nitrogens with one attached hydrogen (secondary N) is 1. The van der Waals surface area contributed by atoms with Gasteiger partial charge in [-0.3, -0.25) is 4.98 Å². The molecule has 1 aromatic carbocycles. The minimum Gasteiger partial charge on any atom is -0.352 e. The van der Waals surface area contributed by atoms with Crippen LogP contribution in [0, 0.1) is 19.7 Å². The van der Waals surface area contributed by atoms with Crippen LogP contribution >= 0.6 is 12.2 Å². The maximum atomic E-state index is 14.7. The summed E-state index contributed by atoms with van der Waals surface area (Å²) < 4.78 is 16.8. The average molecular weight is 380 g/mol. The van der Waals surface area contributed by atoms with Crippen molar-refractivity contribution in [1.29, 1.82) is 0 Å². The van der Waals surface area contributed by atoms with Crippen LogP contribution in [0.4, 0.5) is 10.1 Å². The maximum Gasteiger partial charge on any atom is 0.174 e. The number of hydrogen-bond acceptors (Lipinski definition) is 2. The third-order valence-corrected chi connectivity index (χ3v) is 5.66. The zero-order chi connectivity index (χ0) is 19.1. The number of halogens is 1. The molecule has 3 aromatic rings. The van der Waals surface area contributed by atoms with Crippen LogP contribution < -0.4 is 10.2 Å². The summed E-state index contributed by atoms with van der Waals surface area (Å²) in [6.07, 6.45) is 1.77. The number of aryl methyl sites for hydroxylation is 1. The van der Waals surface area contributed by atoms with Crippen LogP contribution in [0.5, 0.6) is 0 Å². The molecule has 1 saturated heterocycles. The van der Waals surface area contributed by atoms with Crippen molar-refractivity contribution in [1.82, 2.24) is 14.9 Å². The lowest BCUT2D eigenvalue weighted by Gasteiger charge is -2.28. The SMILES string of the molecule is Cc1cc([C@@H]2[C@H](c3ccccn3)NC(=S)N2c2ccccc2F)c(C)n1C. The van der Waals surface area contributed by atoms with Gasteiger partial charge < -0.3 is 14.8 Å². The molecule has 4 rings (SSSR count). The predicted octanol–water partition coefficient (Wildman–Crippen LogP) is 4.35. The molecule has 0 bridgehead atoms. The van der Waals surface area contributed by atoms with E-state index in [2.05, 4.69) is 34.8 Å². The number of hydrogen-bond donors (Lipinski definition) is 1. The summed E-state index contributed by atoms with van der Waals surface area (Å²) in [4.78, 5) is 6.41. The van der Waals surface area contributed by atoms with E-state index in [9.17, 15) is 4.39 Å². The van der Waals surface area contributed by atoms with Gasteiger partial charge in [0.1, 0.15) is 5.82 Å². The Morgan fingerprint density at radius 2 is 1.85 bits per heavy atom. The summed E-state index contributed by atoms with van der Waals surface area (Å²) in [5, 5.41) is 3.87. The highest BCUT2D eigenvalue weighted by Crippen LogP contribution is 2.43. The van der Waals surface area contributed by atoms with Gasteiger partial charge in [-0.2, -0.15) is 0 Å². The van der Waals surface area contributed by atoms with Crippen molar-refractivity contribution >= 4 is 23.0 Å². The fourth-order valence-electron chi connectivity index (χ4n) is 3.76. The Balaban J connectivity index is 1.91. The molecule has 0 aliphatic carbocycles. The lowest BCUT2D eigenvalue weighted by atomic mass is 9.96. The van der Waals surface area contributed by atoms with E-state index in [0.29, 0.717) is 10.8 Å². The van der Waals surface area contributed by atoms with E-state index in [1.54, 1.807) is 18.3 Å². The Morgan fingerprint density at radius 3 is 2.48 bits per heavy atom. The van der Waals surface area contributed by atoms with Gasteiger partial charge in [-0.05, 0) is 62.0 Å². The highest BCUT2D eigenvalue weighted by Gasteiger charge is 2.42. The maximum absolute atomic E-state index is 14.7. The molecule has 0 spiro atoms. The van der Waals surface area contributed by atoms with E-state index >= 15 is 0 Å². The number of thiocarbonyl (C=S) groups is 1. The normalized spacial score (nSPS) is 19.4. The Morgan fingerprint density at radius 1 is 1.11 bits per heavy atom. The van der Waals surface area contributed by atoms with Crippen LogP contribution in [0.25, 0.3) is 0 Å². The molecule has 2 aromatic heterocycles. The summed E-state index contributed by atoms with van der Waals surface area (Å²) in [7, 11) is 2.04. The second-order valence-electron chi connectivity index (χ2n) is 6.83. The third-order valence-electron chi connectivity index (χ3n) is 5.34. The van der Waals surface area contributed by atoms with Crippen molar-refractivity contribution in [3.63, 3.8) is 0 Å². The zero-order valence-corrected chi connectivity index (χ0v) is 16.3. The lowest BCUT2D eigenvalue weighted by molar-refractivity contribution is 0.555. The van der Waals surface area contributed by atoms with Crippen LogP contribution in [-0.2, 0) is 7.05 Å². The molecule has 4 nitrogen and oxygen atoms in total. The number of pyridine rings is 1. The Bertz CT molecular complexity index is 999.